The Morgan fingerprint density at radius 2 is 2.26 bits per heavy atom. The van der Waals surface area contributed by atoms with Crippen LogP contribution in [0.1, 0.15) is 37.4 Å². The van der Waals surface area contributed by atoms with Gasteiger partial charge in [0.25, 0.3) is 0 Å². The summed E-state index contributed by atoms with van der Waals surface area (Å²) in [5.41, 5.74) is 2.42. The topological polar surface area (TPSA) is 47.6 Å². The molecule has 1 N–H and O–H groups in total. The molecule has 0 fully saturated rings. The Balaban J connectivity index is 2.11. The van der Waals surface area contributed by atoms with Crippen LogP contribution in [0.3, 0.4) is 0 Å². The highest BCUT2D eigenvalue weighted by atomic mass is 16.5. The summed E-state index contributed by atoms with van der Waals surface area (Å²) in [6, 6.07) is 6.07. The van der Waals surface area contributed by atoms with Crippen molar-refractivity contribution >= 4 is 5.97 Å². The van der Waals surface area contributed by atoms with Gasteiger partial charge in [-0.05, 0) is 50.1 Å². The molecule has 0 spiro atoms. The van der Waals surface area contributed by atoms with Gasteiger partial charge in [-0.3, -0.25) is 4.79 Å². The lowest BCUT2D eigenvalue weighted by Crippen LogP contribution is -2.32. The predicted molar refractivity (Wildman–Crippen MR) is 73.3 cm³/mol. The molecule has 0 amide bonds. The van der Waals surface area contributed by atoms with Crippen molar-refractivity contribution in [1.29, 1.82) is 0 Å². The summed E-state index contributed by atoms with van der Waals surface area (Å²) in [5, 5.41) is 3.38. The van der Waals surface area contributed by atoms with E-state index in [0.29, 0.717) is 6.42 Å². The summed E-state index contributed by atoms with van der Waals surface area (Å²) in [6.45, 7) is 4.61. The molecule has 0 aliphatic carbocycles. The van der Waals surface area contributed by atoms with E-state index < -0.39 is 0 Å². The zero-order valence-electron chi connectivity index (χ0n) is 11.7. The van der Waals surface area contributed by atoms with Crippen LogP contribution in [-0.4, -0.2) is 25.7 Å². The number of carbonyl (C=O) groups is 1. The number of ether oxygens (including phenoxy) is 2. The fourth-order valence-corrected chi connectivity index (χ4v) is 2.42. The molecule has 1 aliphatic rings. The molecule has 0 bridgehead atoms. The summed E-state index contributed by atoms with van der Waals surface area (Å²) in [7, 11) is 1.67. The molecule has 0 aromatic heterocycles. The maximum atomic E-state index is 11.8. The second-order valence-electron chi connectivity index (χ2n) is 5.06. The minimum absolute atomic E-state index is 0.0425. The lowest BCUT2D eigenvalue weighted by molar-refractivity contribution is -0.148. The van der Waals surface area contributed by atoms with Gasteiger partial charge >= 0.3 is 5.97 Å². The van der Waals surface area contributed by atoms with Crippen molar-refractivity contribution < 1.29 is 14.3 Å². The summed E-state index contributed by atoms with van der Waals surface area (Å²) >= 11 is 0. The lowest BCUT2D eigenvalue weighted by Gasteiger charge is -2.27. The molecular formula is C15H21NO3. The Bertz CT molecular complexity index is 457. The van der Waals surface area contributed by atoms with E-state index >= 15 is 0 Å². The van der Waals surface area contributed by atoms with E-state index in [1.165, 1.54) is 11.1 Å². The van der Waals surface area contributed by atoms with Gasteiger partial charge in [0, 0.05) is 6.04 Å². The van der Waals surface area contributed by atoms with Gasteiger partial charge in [-0.2, -0.15) is 0 Å². The van der Waals surface area contributed by atoms with Crippen LogP contribution in [0.5, 0.6) is 5.75 Å². The van der Waals surface area contributed by atoms with Gasteiger partial charge in [-0.1, -0.05) is 6.07 Å². The predicted octanol–water partition coefficient (Wildman–Crippen LogP) is 2.22. The van der Waals surface area contributed by atoms with Crippen molar-refractivity contribution in [1.82, 2.24) is 5.32 Å². The normalized spacial score (nSPS) is 18.0. The van der Waals surface area contributed by atoms with Crippen molar-refractivity contribution in [3.8, 4) is 5.75 Å². The average molecular weight is 263 g/mol. The Labute approximate surface area is 114 Å². The highest BCUT2D eigenvalue weighted by Crippen LogP contribution is 2.28. The molecule has 1 aromatic rings. The number of methoxy groups -OCH3 is 1. The zero-order chi connectivity index (χ0) is 13.8. The first-order valence-electron chi connectivity index (χ1n) is 6.70. The molecule has 1 aliphatic heterocycles. The fraction of sp³-hybridized carbons (Fsp3) is 0.533. The molecule has 104 valence electrons. The van der Waals surface area contributed by atoms with E-state index in [9.17, 15) is 4.79 Å². The molecule has 4 nitrogen and oxygen atoms in total. The molecule has 0 saturated heterocycles. The van der Waals surface area contributed by atoms with Crippen molar-refractivity contribution in [2.45, 2.75) is 38.8 Å². The van der Waals surface area contributed by atoms with Crippen LogP contribution < -0.4 is 10.1 Å². The fourth-order valence-electron chi connectivity index (χ4n) is 2.42. The second kappa shape index (κ2) is 6.06. The number of benzene rings is 1. The van der Waals surface area contributed by atoms with Gasteiger partial charge < -0.3 is 14.8 Å². The summed E-state index contributed by atoms with van der Waals surface area (Å²) in [4.78, 5) is 11.8. The number of nitrogens with one attached hydrogen (secondary N) is 1. The molecule has 2 rings (SSSR count). The zero-order valence-corrected chi connectivity index (χ0v) is 11.7. The van der Waals surface area contributed by atoms with Gasteiger partial charge in [0.1, 0.15) is 5.75 Å². The summed E-state index contributed by atoms with van der Waals surface area (Å²) in [5.74, 6) is 0.709. The van der Waals surface area contributed by atoms with Crippen LogP contribution in [0.25, 0.3) is 0 Å². The molecular weight excluding hydrogens is 242 g/mol. The molecule has 1 heterocycles. The van der Waals surface area contributed by atoms with E-state index in [0.717, 1.165) is 18.7 Å². The van der Waals surface area contributed by atoms with Crippen molar-refractivity contribution in [2.75, 3.05) is 13.7 Å². The van der Waals surface area contributed by atoms with Gasteiger partial charge in [-0.15, -0.1) is 0 Å². The number of rotatable bonds is 4. The molecule has 4 heteroatoms. The van der Waals surface area contributed by atoms with Crippen LogP contribution in [-0.2, 0) is 16.0 Å². The van der Waals surface area contributed by atoms with E-state index in [1.54, 1.807) is 7.11 Å². The van der Waals surface area contributed by atoms with Crippen molar-refractivity contribution in [2.24, 2.45) is 0 Å². The number of carbonyl (C=O) groups excluding carboxylic acids is 1. The maximum Gasteiger partial charge on any atom is 0.307 e. The van der Waals surface area contributed by atoms with Crippen molar-refractivity contribution in [3.63, 3.8) is 0 Å². The molecule has 1 aromatic carbocycles. The number of hydrogen-bond acceptors (Lipinski definition) is 4. The smallest absolute Gasteiger partial charge is 0.307 e. The van der Waals surface area contributed by atoms with Crippen LogP contribution >= 0.6 is 0 Å². The van der Waals surface area contributed by atoms with E-state index in [-0.39, 0.29) is 18.1 Å². The van der Waals surface area contributed by atoms with Crippen LogP contribution in [0, 0.1) is 0 Å². The molecule has 1 atom stereocenters. The SMILES string of the molecule is COc1ccc2c(c1)CCN[C@H]2CC(=O)OC(C)C. The van der Waals surface area contributed by atoms with Crippen LogP contribution in [0.2, 0.25) is 0 Å². The minimum Gasteiger partial charge on any atom is -0.497 e. The number of hydrogen-bond donors (Lipinski definition) is 1. The largest absolute Gasteiger partial charge is 0.497 e. The molecule has 0 radical (unpaired) electrons. The summed E-state index contributed by atoms with van der Waals surface area (Å²) < 4.78 is 10.4. The monoisotopic (exact) mass is 263 g/mol. The first-order chi connectivity index (χ1) is 9.10. The van der Waals surface area contributed by atoms with Crippen LogP contribution in [0.15, 0.2) is 18.2 Å². The van der Waals surface area contributed by atoms with Gasteiger partial charge in [0.2, 0.25) is 0 Å². The quantitative estimate of drug-likeness (QED) is 0.846. The first-order valence-corrected chi connectivity index (χ1v) is 6.70. The molecule has 0 unspecified atom stereocenters. The average Bonchev–Trinajstić information content (AvgIpc) is 2.37. The highest BCUT2D eigenvalue weighted by Gasteiger charge is 2.23. The highest BCUT2D eigenvalue weighted by molar-refractivity contribution is 5.71. The van der Waals surface area contributed by atoms with Gasteiger partial charge in [0.05, 0.1) is 19.6 Å². The Morgan fingerprint density at radius 3 is 2.95 bits per heavy atom. The van der Waals surface area contributed by atoms with Crippen molar-refractivity contribution in [3.05, 3.63) is 29.3 Å². The van der Waals surface area contributed by atoms with Gasteiger partial charge in [0.15, 0.2) is 0 Å². The Kier molecular flexibility index (Phi) is 4.43. The minimum atomic E-state index is -0.156. The third-order valence-electron chi connectivity index (χ3n) is 3.25. The van der Waals surface area contributed by atoms with E-state index in [4.69, 9.17) is 9.47 Å². The number of esters is 1. The molecule has 19 heavy (non-hydrogen) atoms. The second-order valence-corrected chi connectivity index (χ2v) is 5.06. The Morgan fingerprint density at radius 1 is 1.47 bits per heavy atom. The van der Waals surface area contributed by atoms with E-state index in [1.807, 2.05) is 26.0 Å². The Hall–Kier alpha value is -1.55. The molecule has 0 saturated carbocycles. The first kappa shape index (κ1) is 13.9. The third-order valence-corrected chi connectivity index (χ3v) is 3.25. The van der Waals surface area contributed by atoms with Crippen LogP contribution in [0.4, 0.5) is 0 Å². The standard InChI is InChI=1S/C15H21NO3/c1-10(2)19-15(17)9-14-13-5-4-12(18-3)8-11(13)6-7-16-14/h4-5,8,10,14,16H,6-7,9H2,1-3H3/t14-/m0/s1. The van der Waals surface area contributed by atoms with E-state index in [2.05, 4.69) is 11.4 Å². The van der Waals surface area contributed by atoms with Gasteiger partial charge in [-0.25, -0.2) is 0 Å². The lowest BCUT2D eigenvalue weighted by atomic mass is 9.92. The third kappa shape index (κ3) is 3.47. The number of fused-ring (bicyclic) bond motifs is 1. The maximum absolute atomic E-state index is 11.8. The summed E-state index contributed by atoms with van der Waals surface area (Å²) in [6.07, 6.45) is 1.27.